The fourth-order valence-electron chi connectivity index (χ4n) is 2.20. The van der Waals surface area contributed by atoms with E-state index in [0.29, 0.717) is 28.4 Å². The number of carbonyl (C=O) groups excluding carboxylic acids is 1. The molecule has 112 valence electrons. The first-order chi connectivity index (χ1) is 9.97. The van der Waals surface area contributed by atoms with Gasteiger partial charge in [-0.25, -0.2) is 0 Å². The van der Waals surface area contributed by atoms with Crippen molar-refractivity contribution in [3.05, 3.63) is 35.2 Å². The van der Waals surface area contributed by atoms with E-state index in [1.807, 2.05) is 20.9 Å². The first kappa shape index (κ1) is 14.9. The predicted octanol–water partition coefficient (Wildman–Crippen LogP) is 2.31. The van der Waals surface area contributed by atoms with Gasteiger partial charge in [0.2, 0.25) is 0 Å². The van der Waals surface area contributed by atoms with Gasteiger partial charge in [-0.1, -0.05) is 0 Å². The minimum Gasteiger partial charge on any atom is -0.497 e. The summed E-state index contributed by atoms with van der Waals surface area (Å²) in [7, 11) is 4.94. The van der Waals surface area contributed by atoms with Crippen molar-refractivity contribution in [2.24, 2.45) is 7.05 Å². The number of rotatable bonds is 4. The lowest BCUT2D eigenvalue weighted by atomic mass is 10.1. The fourth-order valence-corrected chi connectivity index (χ4v) is 2.20. The second-order valence-corrected chi connectivity index (χ2v) is 4.69. The molecule has 0 atom stereocenters. The molecule has 1 aromatic carbocycles. The average molecular weight is 289 g/mol. The van der Waals surface area contributed by atoms with Crippen molar-refractivity contribution >= 4 is 11.6 Å². The number of nitrogens with zero attached hydrogens (tertiary/aromatic N) is 2. The summed E-state index contributed by atoms with van der Waals surface area (Å²) in [5, 5.41) is 7.10. The molecule has 0 radical (unpaired) electrons. The van der Waals surface area contributed by atoms with Crippen molar-refractivity contribution < 1.29 is 14.3 Å². The number of carbonyl (C=O) groups is 1. The Balaban J connectivity index is 2.35. The van der Waals surface area contributed by atoms with Crippen LogP contribution >= 0.6 is 0 Å². The number of aromatic nitrogens is 2. The molecule has 0 fully saturated rings. The second-order valence-electron chi connectivity index (χ2n) is 4.69. The summed E-state index contributed by atoms with van der Waals surface area (Å²) in [6, 6.07) is 5.24. The number of amides is 1. The highest BCUT2D eigenvalue weighted by molar-refractivity contribution is 6.06. The van der Waals surface area contributed by atoms with Crippen molar-refractivity contribution in [2.75, 3.05) is 19.5 Å². The molecule has 0 saturated carbocycles. The second kappa shape index (κ2) is 5.87. The molecule has 21 heavy (non-hydrogen) atoms. The van der Waals surface area contributed by atoms with Crippen LogP contribution in [0.4, 0.5) is 5.69 Å². The van der Waals surface area contributed by atoms with Gasteiger partial charge in [-0.05, 0) is 26.0 Å². The zero-order chi connectivity index (χ0) is 15.6. The third-order valence-electron chi connectivity index (χ3n) is 3.39. The molecule has 1 amide bonds. The van der Waals surface area contributed by atoms with Gasteiger partial charge < -0.3 is 14.8 Å². The van der Waals surface area contributed by atoms with Crippen molar-refractivity contribution in [1.82, 2.24) is 9.78 Å². The summed E-state index contributed by atoms with van der Waals surface area (Å²) in [6.45, 7) is 3.67. The number of aryl methyl sites for hydroxylation is 2. The van der Waals surface area contributed by atoms with Crippen LogP contribution in [0.5, 0.6) is 11.5 Å². The number of nitrogens with one attached hydrogen (secondary N) is 1. The lowest BCUT2D eigenvalue weighted by Gasteiger charge is -2.12. The Morgan fingerprint density at radius 3 is 2.48 bits per heavy atom. The van der Waals surface area contributed by atoms with Gasteiger partial charge in [0, 0.05) is 18.8 Å². The summed E-state index contributed by atoms with van der Waals surface area (Å²) in [5.41, 5.74) is 2.63. The molecule has 0 aliphatic rings. The summed E-state index contributed by atoms with van der Waals surface area (Å²) >= 11 is 0. The number of ether oxygens (including phenoxy) is 2. The van der Waals surface area contributed by atoms with Crippen molar-refractivity contribution in [3.8, 4) is 11.5 Å². The molecular weight excluding hydrogens is 270 g/mol. The van der Waals surface area contributed by atoms with Crippen LogP contribution in [0.15, 0.2) is 18.2 Å². The molecule has 1 aromatic heterocycles. The van der Waals surface area contributed by atoms with Crippen LogP contribution in [0.1, 0.15) is 21.7 Å². The largest absolute Gasteiger partial charge is 0.497 e. The minimum absolute atomic E-state index is 0.218. The molecule has 0 aliphatic heterocycles. The molecular formula is C15H19N3O3. The lowest BCUT2D eigenvalue weighted by Crippen LogP contribution is -2.14. The van der Waals surface area contributed by atoms with E-state index >= 15 is 0 Å². The summed E-state index contributed by atoms with van der Waals surface area (Å²) in [4.78, 5) is 12.5. The first-order valence-corrected chi connectivity index (χ1v) is 6.51. The van der Waals surface area contributed by atoms with Crippen molar-refractivity contribution in [1.29, 1.82) is 0 Å². The Bertz CT molecular complexity index is 677. The Morgan fingerprint density at radius 1 is 1.24 bits per heavy atom. The highest BCUT2D eigenvalue weighted by Gasteiger charge is 2.18. The zero-order valence-corrected chi connectivity index (χ0v) is 12.9. The average Bonchev–Trinajstić information content (AvgIpc) is 2.71. The van der Waals surface area contributed by atoms with Gasteiger partial charge in [-0.15, -0.1) is 0 Å². The summed E-state index contributed by atoms with van der Waals surface area (Å²) in [5.74, 6) is 0.999. The maximum atomic E-state index is 12.5. The monoisotopic (exact) mass is 289 g/mol. The van der Waals surface area contributed by atoms with E-state index in [1.54, 1.807) is 37.1 Å². The third-order valence-corrected chi connectivity index (χ3v) is 3.39. The fraction of sp³-hybridized carbons (Fsp3) is 0.333. The molecule has 0 saturated heterocycles. The normalized spacial score (nSPS) is 10.3. The Morgan fingerprint density at radius 2 is 1.95 bits per heavy atom. The van der Waals surface area contributed by atoms with Gasteiger partial charge in [0.25, 0.3) is 5.91 Å². The standard InChI is InChI=1S/C15H19N3O3/c1-9-14(10(2)18(3)17-9)15(19)16-12-8-11(20-4)6-7-13(12)21-5/h6-8H,1-5H3,(H,16,19). The third kappa shape index (κ3) is 2.84. The molecule has 6 nitrogen and oxygen atoms in total. The molecule has 0 bridgehead atoms. The van der Waals surface area contributed by atoms with Crippen LogP contribution < -0.4 is 14.8 Å². The highest BCUT2D eigenvalue weighted by atomic mass is 16.5. The molecule has 6 heteroatoms. The van der Waals surface area contributed by atoms with Crippen molar-refractivity contribution in [3.63, 3.8) is 0 Å². The van der Waals surface area contributed by atoms with Crippen LogP contribution in [-0.4, -0.2) is 29.9 Å². The van der Waals surface area contributed by atoms with Gasteiger partial charge in [0.1, 0.15) is 11.5 Å². The Hall–Kier alpha value is -2.50. The smallest absolute Gasteiger partial charge is 0.259 e. The molecule has 1 N–H and O–H groups in total. The number of anilines is 1. The predicted molar refractivity (Wildman–Crippen MR) is 80.2 cm³/mol. The molecule has 0 aliphatic carbocycles. The van der Waals surface area contributed by atoms with Gasteiger partial charge in [0.05, 0.1) is 31.2 Å². The number of hydrogen-bond acceptors (Lipinski definition) is 4. The SMILES string of the molecule is COc1ccc(OC)c(NC(=O)c2c(C)nn(C)c2C)c1. The maximum Gasteiger partial charge on any atom is 0.259 e. The molecule has 0 spiro atoms. The summed E-state index contributed by atoms with van der Waals surface area (Å²) in [6.07, 6.45) is 0. The van der Waals surface area contributed by atoms with Crippen LogP contribution in [0.25, 0.3) is 0 Å². The van der Waals surface area contributed by atoms with E-state index in [-0.39, 0.29) is 5.91 Å². The van der Waals surface area contributed by atoms with E-state index in [1.165, 1.54) is 0 Å². The van der Waals surface area contributed by atoms with E-state index in [0.717, 1.165) is 5.69 Å². The van der Waals surface area contributed by atoms with E-state index in [9.17, 15) is 4.79 Å². The van der Waals surface area contributed by atoms with Crippen LogP contribution in [0.3, 0.4) is 0 Å². The number of benzene rings is 1. The molecule has 2 rings (SSSR count). The number of methoxy groups -OCH3 is 2. The number of hydrogen-bond donors (Lipinski definition) is 1. The van der Waals surface area contributed by atoms with E-state index < -0.39 is 0 Å². The Kier molecular flexibility index (Phi) is 4.16. The quantitative estimate of drug-likeness (QED) is 0.938. The topological polar surface area (TPSA) is 65.4 Å². The minimum atomic E-state index is -0.218. The first-order valence-electron chi connectivity index (χ1n) is 6.51. The molecule has 2 aromatic rings. The van der Waals surface area contributed by atoms with Gasteiger partial charge >= 0.3 is 0 Å². The van der Waals surface area contributed by atoms with Crippen LogP contribution in [0, 0.1) is 13.8 Å². The van der Waals surface area contributed by atoms with Gasteiger partial charge in [0.15, 0.2) is 0 Å². The molecule has 1 heterocycles. The van der Waals surface area contributed by atoms with Crippen molar-refractivity contribution in [2.45, 2.75) is 13.8 Å². The Labute approximate surface area is 123 Å². The van der Waals surface area contributed by atoms with E-state index in [4.69, 9.17) is 9.47 Å². The lowest BCUT2D eigenvalue weighted by molar-refractivity contribution is 0.102. The van der Waals surface area contributed by atoms with Crippen LogP contribution in [-0.2, 0) is 7.05 Å². The summed E-state index contributed by atoms with van der Waals surface area (Å²) < 4.78 is 12.1. The zero-order valence-electron chi connectivity index (χ0n) is 12.9. The maximum absolute atomic E-state index is 12.5. The highest BCUT2D eigenvalue weighted by Crippen LogP contribution is 2.29. The van der Waals surface area contributed by atoms with Gasteiger partial charge in [-0.3, -0.25) is 9.48 Å². The van der Waals surface area contributed by atoms with Gasteiger partial charge in [-0.2, -0.15) is 5.10 Å². The van der Waals surface area contributed by atoms with Crippen LogP contribution in [0.2, 0.25) is 0 Å². The van der Waals surface area contributed by atoms with E-state index in [2.05, 4.69) is 10.4 Å². The molecule has 0 unspecified atom stereocenters.